The lowest BCUT2D eigenvalue weighted by Crippen LogP contribution is -3.77. The van der Waals surface area contributed by atoms with Crippen molar-refractivity contribution in [3.63, 3.8) is 0 Å². The molecule has 0 bridgehead atoms. The van der Waals surface area contributed by atoms with Crippen molar-refractivity contribution in [3.8, 4) is 0 Å². The number of hydrogen-bond donors (Lipinski definition) is 0. The van der Waals surface area contributed by atoms with E-state index in [0.29, 0.717) is 0 Å². The van der Waals surface area contributed by atoms with Gasteiger partial charge in [-0.25, -0.2) is 0 Å². The molecule has 108 aliphatic carbocycles. The van der Waals surface area contributed by atoms with E-state index in [1.807, 2.05) is 25.7 Å². The fourth-order valence-electron chi connectivity index (χ4n) is 171. The van der Waals surface area contributed by atoms with Crippen LogP contribution in [0.4, 0.5) is 0 Å². The van der Waals surface area contributed by atoms with Crippen LogP contribution in [-0.4, -0.2) is 0 Å². The summed E-state index contributed by atoms with van der Waals surface area (Å²) < 4.78 is 0. The molecule has 85 spiro atoms. The fourth-order valence-corrected chi connectivity index (χ4v) is 171. The minimum absolute atomic E-state index is 1.11. The van der Waals surface area contributed by atoms with Crippen molar-refractivity contribution < 1.29 is 0 Å². The zero-order chi connectivity index (χ0) is 70.7. The lowest BCUT2D eigenvalue weighted by atomic mass is 8.19. The molecule has 104 atom stereocenters. The zero-order valence-electron chi connectivity index (χ0n) is 70.7. The Bertz CT molecular complexity index is 10800. The van der Waals surface area contributed by atoms with E-state index in [-0.39, 0.29) is 0 Å². The molecule has 0 nitrogen and oxygen atoms in total. The molecule has 0 heteroatoms. The van der Waals surface area contributed by atoms with Gasteiger partial charge in [0.15, 0.2) is 0 Å². The molecule has 0 aromatic carbocycles. The van der Waals surface area contributed by atoms with Gasteiger partial charge in [-0.05, 0) is 746 Å². The van der Waals surface area contributed by atoms with Crippen molar-refractivity contribution >= 4 is 0 Å². The molecule has 108 fully saturated rings. The van der Waals surface area contributed by atoms with Crippen LogP contribution in [0.1, 0.15) is 25.7 Å². The van der Waals surface area contributed by atoms with Gasteiger partial charge in [0, 0.05) is 0 Å². The standard InChI is InChI=1S/C133H52/c1-5-13-21-14-6-2-10-18-24-28-32-36-41-45-48-46-42-38-34-30-26-20-12-4-8-16-22-15-7-3-11-19-25-29-33-37-40-44-47-43-39-35-31-27-23-17-9(1)49(5)53(13)61(21)54(14)50(6,10)58(18)64(24)68(28)72(32)76(36)81(41)85(45)88(48)86(46)82(42)78(38)74(34)70(30)66(26)60(20)52(8,12)56(16)62(22)55(15)51(7,11)59(19)65(25)69(29)73(33)77(37)80(40)84(44)87(47)83(43)79(39)75(35)71(31)67(27)63(23)57(17,49)89(53)93(61)90(54,58)96(64)100(68)104(72)108(76)112(81)117(85)120(88)118(86)114(82)110(78)106(74)102(70)98(66)92(56,60)94(62)91(55,59)97(65)101(69)105(73)109(77)113(80)116(84)119(87)115(83)111(79)107(75)103(71)99(67)95(63,89)121(93,96)123(99,100)125(103,104)127(107,108)129(111,112)131(115,117)133(119,120)132(116,118)130(113,114)128(109,110)126(105,106)124(101,102)122(94,97)98/h5-48H,1-4H2. The first-order valence-electron chi connectivity index (χ1n) is 66.3. The Labute approximate surface area is 740 Å². The molecule has 108 aliphatic rings. The Morgan fingerprint density at radius 1 is 0.0677 bits per heavy atom. The summed E-state index contributed by atoms with van der Waals surface area (Å²) in [7, 11) is 0. The molecule has 0 aliphatic heterocycles. The van der Waals surface area contributed by atoms with Gasteiger partial charge < -0.3 is 0 Å². The fraction of sp³-hybridized carbons (Fsp3) is 1.00. The van der Waals surface area contributed by atoms with Gasteiger partial charge in [-0.15, -0.1) is 0 Å². The summed E-state index contributed by atoms with van der Waals surface area (Å²) in [5, 5.41) is 0. The molecule has 0 N–H and O–H groups in total. The predicted molar refractivity (Wildman–Crippen MR) is 414 cm³/mol. The summed E-state index contributed by atoms with van der Waals surface area (Å²) in [5.41, 5.74) is 98.4. The van der Waals surface area contributed by atoms with E-state index < -0.39 is 0 Å². The van der Waals surface area contributed by atoms with Crippen LogP contribution in [0.3, 0.4) is 0 Å². The Morgan fingerprint density at radius 3 is 0.271 bits per heavy atom. The van der Waals surface area contributed by atoms with E-state index in [4.69, 9.17) is 0 Å². The Balaban J connectivity index is 0.482. The molecule has 108 saturated carbocycles. The Kier molecular flexibility index (Phi) is 1.64. The van der Waals surface area contributed by atoms with Gasteiger partial charge in [-0.1, -0.05) is 0 Å². The summed E-state index contributed by atoms with van der Waals surface area (Å²) in [5.74, 6) is 64.8. The van der Waals surface area contributed by atoms with Crippen molar-refractivity contribution in [2.75, 3.05) is 0 Å². The summed E-state index contributed by atoms with van der Waals surface area (Å²) in [6.45, 7) is 0. The summed E-state index contributed by atoms with van der Waals surface area (Å²) in [4.78, 5) is 0. The van der Waals surface area contributed by atoms with Crippen molar-refractivity contribution in [3.05, 3.63) is 233 Å². The van der Waals surface area contributed by atoms with Crippen molar-refractivity contribution in [2.24, 2.45) is 488 Å². The van der Waals surface area contributed by atoms with Gasteiger partial charge in [0.2, 0.25) is 0 Å². The quantitative estimate of drug-likeness (QED) is 0.227. The van der Waals surface area contributed by atoms with Crippen LogP contribution >= 0.6 is 0 Å². The van der Waals surface area contributed by atoms with Crippen LogP contribution < -0.4 is 0 Å². The molecule has 0 amide bonds. The minimum atomic E-state index is 1.11. The summed E-state index contributed by atoms with van der Waals surface area (Å²) in [6, 6.07) is 0. The maximum atomic E-state index is 1.95. The lowest BCUT2D eigenvalue weighted by Gasteiger charge is -3.82. The van der Waals surface area contributed by atoms with Gasteiger partial charge in [-0.2, -0.15) is 0 Å². The topological polar surface area (TPSA) is 0 Å². The van der Waals surface area contributed by atoms with Gasteiger partial charge in [0.1, 0.15) is 0 Å². The van der Waals surface area contributed by atoms with Crippen LogP contribution in [0.2, 0.25) is 0 Å². The van der Waals surface area contributed by atoms with Crippen molar-refractivity contribution in [1.29, 1.82) is 0 Å². The Hall–Kier alpha value is 0. The average molecular weight is 1650 g/mol. The molecule has 584 valence electrons. The first-order valence-corrected chi connectivity index (χ1v) is 66.3. The third-order valence-corrected chi connectivity index (χ3v) is 127. The molecule has 133 heavy (non-hydrogen) atoms. The molecular weight excluding hydrogens is 1600 g/mol. The van der Waals surface area contributed by atoms with Crippen LogP contribution in [0.15, 0.2) is 0 Å². The molecule has 0 aromatic rings. The first-order chi connectivity index (χ1) is 66.3. The van der Waals surface area contributed by atoms with E-state index >= 15 is 0 Å². The summed E-state index contributed by atoms with van der Waals surface area (Å²) >= 11 is 0. The highest BCUT2D eigenvalue weighted by atomic mass is 15.9. The highest BCUT2D eigenvalue weighted by Gasteiger charge is 3.92. The SMILES string of the molecule is C1C2C3C4C5C6CC7C8C9C%10C%11C%12C%13C%14C%15C%16C%17C%18C%19C%20C%21C%22C%23CC%24C%25C%26C%27C%28CC%29C%30C%31C%32C%33C%34C%35C%36C%37C%38C%39C%40C%41C%42C%43C%44C1C21C32C43C54C67C85C96C%107C%118C%129C%13%10C%14%11C%15%12C%16%13C%17%14C%18%15C%19%16C%20%17C%21%18C%22%19C%24%23C%25%20C%26%21C%27%22C%28%29C%30%23C%31%24C%32%25C%33%26C%34%27C%35%28C%36%29C%37%30C%38%31C%39%32C%40%33C%41%34C%42%35C%43%36C%441C21C32C45C63C74C85C96C%107C%118C%129C%13%10C%14%11C%15%12C%16%13C%17%14C%18%15C%20%19C%21%16C%22%23C%24%17C%25%18C%26%19C%27%20C%28%21C%29%22C%30%23C%31%24C%32%25C%33%26C%34%27C%35%28C%361C23C%284C%275C%266C%257C%248C%239C%22%10C%21%11C%20%12C%19%13C%18%14C%16%17%15. The molecular formula is C133H52. The second-order valence-electron chi connectivity index (χ2n) is 91.0. The minimum Gasteiger partial charge on any atom is -0.0458 e. The largest absolute Gasteiger partial charge is 0.0458 e. The molecule has 0 radical (unpaired) electrons. The third-order valence-electron chi connectivity index (χ3n) is 127. The van der Waals surface area contributed by atoms with E-state index in [1.54, 1.807) is 0 Å². The van der Waals surface area contributed by atoms with Crippen LogP contribution in [0.5, 0.6) is 0 Å². The molecule has 0 saturated heterocycles. The number of rotatable bonds is 0. The van der Waals surface area contributed by atoms with Gasteiger partial charge in [0.25, 0.3) is 0 Å². The maximum absolute atomic E-state index is 1.95. The smallest absolute Gasteiger partial charge is 0.0000249 e. The lowest BCUT2D eigenvalue weighted by molar-refractivity contribution is -1.04. The van der Waals surface area contributed by atoms with E-state index in [0.717, 1.165) is 249 Å². The van der Waals surface area contributed by atoms with Crippen LogP contribution in [-0.2, 0) is 0 Å². The number of fused-ring (bicyclic) bond motifs is 40. The third kappa shape index (κ3) is 0.710. The highest BCUT2D eigenvalue weighted by molar-refractivity contribution is 6.96. The summed E-state index contributed by atoms with van der Waals surface area (Å²) in [6.07, 6.45) is 7.79. The van der Waals surface area contributed by atoms with Crippen molar-refractivity contribution in [1.82, 2.24) is 0 Å². The van der Waals surface area contributed by atoms with E-state index in [1.165, 1.54) is 472 Å². The monoisotopic (exact) mass is 1650 g/mol. The second-order valence-corrected chi connectivity index (χ2v) is 91.0. The molecule has 104 unspecified atom stereocenters. The highest BCUT2D eigenvalue weighted by Crippen LogP contribution is 3.98. The van der Waals surface area contributed by atoms with Crippen LogP contribution in [0.25, 0.3) is 0 Å². The Morgan fingerprint density at radius 2 is 0.143 bits per heavy atom. The normalized spacial score (nSPS) is 159. The maximum Gasteiger partial charge on any atom is -0.0000249 e. The zero-order valence-corrected chi connectivity index (χ0v) is 70.7. The first kappa shape index (κ1) is 40.2. The second kappa shape index (κ2) is 5.43. The van der Waals surface area contributed by atoms with Gasteiger partial charge in [0.05, 0.1) is 0 Å². The molecule has 0 aromatic heterocycles. The van der Waals surface area contributed by atoms with Crippen LogP contribution in [0, 0.1) is 721 Å². The van der Waals surface area contributed by atoms with Gasteiger partial charge in [-0.3, -0.25) is 0 Å². The predicted octanol–water partition coefficient (Wildman–Crippen LogP) is 10.5. The van der Waals surface area contributed by atoms with E-state index in [2.05, 4.69) is 0 Å². The molecule has 108 rings (SSSR count). The average Bonchev–Trinajstić information content (AvgIpc) is 0.514. The number of hydrogen-bond acceptors (Lipinski definition) is 0. The van der Waals surface area contributed by atoms with Gasteiger partial charge >= 0.3 is 0 Å². The van der Waals surface area contributed by atoms with Crippen molar-refractivity contribution in [2.45, 2.75) is 25.7 Å². The molecule has 0 heterocycles. The van der Waals surface area contributed by atoms with E-state index in [9.17, 15) is 0 Å².